The monoisotopic (exact) mass is 1180 g/mol. The molecule has 4 aliphatic carbocycles. The van der Waals surface area contributed by atoms with Crippen molar-refractivity contribution in [1.29, 1.82) is 0 Å². The van der Waals surface area contributed by atoms with Crippen molar-refractivity contribution in [2.24, 2.45) is 90.7 Å². The third kappa shape index (κ3) is 18.3. The van der Waals surface area contributed by atoms with Gasteiger partial charge in [0.05, 0.1) is 46.1 Å². The molecule has 0 radical (unpaired) electrons. The summed E-state index contributed by atoms with van der Waals surface area (Å²) in [5.74, 6) is -7.34. The highest BCUT2D eigenvalue weighted by Crippen LogP contribution is 2.53. The maximum absolute atomic E-state index is 11.3. The Hall–Kier alpha value is -5.40. The molecule has 0 aliphatic heterocycles. The molecule has 0 spiro atoms. The Balaban J connectivity index is 0.00000110. The molecule has 85 heavy (non-hydrogen) atoms. The quantitative estimate of drug-likeness (QED) is 0.0854. The maximum atomic E-state index is 11.3. The summed E-state index contributed by atoms with van der Waals surface area (Å²) in [6.07, 6.45) is 27.3. The first-order valence-electron chi connectivity index (χ1n) is 29.3. The number of hydrogen-bond acceptors (Lipinski definition) is 8. The van der Waals surface area contributed by atoms with E-state index >= 15 is 0 Å². The second-order valence-electron chi connectivity index (χ2n) is 31.9. The van der Waals surface area contributed by atoms with Gasteiger partial charge in [-0.15, -0.1) is 26.3 Å². The van der Waals surface area contributed by atoms with Crippen LogP contribution in [0, 0.1) is 90.7 Å². The van der Waals surface area contributed by atoms with Gasteiger partial charge in [-0.25, -0.2) is 0 Å². The first-order chi connectivity index (χ1) is 37.4. The van der Waals surface area contributed by atoms with Crippen LogP contribution >= 0.6 is 0 Å². The molecule has 8 N–H and O–H groups in total. The van der Waals surface area contributed by atoms with Crippen molar-refractivity contribution >= 4 is 23.9 Å². The third-order valence-corrected chi connectivity index (χ3v) is 17.4. The lowest BCUT2D eigenvalue weighted by Crippen LogP contribution is -2.52. The van der Waals surface area contributed by atoms with Gasteiger partial charge in [0.15, 0.2) is 0 Å². The molecule has 0 saturated heterocycles. The molecule has 480 valence electrons. The fraction of sp³-hybridized carbons (Fsp3) is 0.616. The Bertz CT molecular complexity index is 2310. The molecule has 0 bridgehead atoms. The minimum atomic E-state index is -1.01. The molecule has 0 aromatic carbocycles. The van der Waals surface area contributed by atoms with E-state index in [2.05, 4.69) is 109 Å². The van der Waals surface area contributed by atoms with Crippen LogP contribution in [0.5, 0.6) is 0 Å². The number of aliphatic hydroxyl groups is 4. The zero-order valence-corrected chi connectivity index (χ0v) is 55.9. The lowest BCUT2D eigenvalue weighted by Gasteiger charge is -2.50. The Morgan fingerprint density at radius 1 is 0.341 bits per heavy atom. The summed E-state index contributed by atoms with van der Waals surface area (Å²) in [7, 11) is 0. The Morgan fingerprint density at radius 3 is 0.553 bits per heavy atom. The van der Waals surface area contributed by atoms with Crippen LogP contribution < -0.4 is 0 Å². The number of carbonyl (C=O) groups is 4. The van der Waals surface area contributed by atoms with Crippen LogP contribution in [0.3, 0.4) is 0 Å². The van der Waals surface area contributed by atoms with Crippen molar-refractivity contribution in [2.45, 2.75) is 196 Å². The zero-order chi connectivity index (χ0) is 66.6. The summed E-state index contributed by atoms with van der Waals surface area (Å²) in [6, 6.07) is 0. The molecule has 12 unspecified atom stereocenters. The van der Waals surface area contributed by atoms with Crippen LogP contribution in [0.4, 0.5) is 0 Å². The summed E-state index contributed by atoms with van der Waals surface area (Å²) in [5.41, 5.74) is -3.49. The maximum Gasteiger partial charge on any atom is 0.314 e. The highest BCUT2D eigenvalue weighted by molar-refractivity contribution is 5.79. The SMILES string of the molecule is C.C=CC(C(=O)O)C1=CC(C(C)(C)C)C(O)(C(C)(C)C)C=C1.C=CC(C(=O)O)C1=CC(C(C)(C)C)C(O)(C(C)(C)C)C=C1.C=CC(C(=O)O)C1=CC(C(C)(C)C)C(O)(C(C)(C)C)C=C1.C=CC(C(=O)O)C1=CC(C(C)(C)C)C(O)(C(C)(C)C)C=C1. The highest BCUT2D eigenvalue weighted by Gasteiger charge is 2.54. The van der Waals surface area contributed by atoms with Crippen molar-refractivity contribution in [3.05, 3.63) is 146 Å². The van der Waals surface area contributed by atoms with Gasteiger partial charge in [-0.1, -0.05) is 271 Å². The smallest absolute Gasteiger partial charge is 0.314 e. The summed E-state index contributed by atoms with van der Waals surface area (Å²) < 4.78 is 0. The van der Waals surface area contributed by atoms with Gasteiger partial charge in [-0.3, -0.25) is 19.2 Å². The second kappa shape index (κ2) is 27.7. The van der Waals surface area contributed by atoms with Gasteiger partial charge in [-0.2, -0.15) is 0 Å². The van der Waals surface area contributed by atoms with E-state index in [4.69, 9.17) is 0 Å². The van der Waals surface area contributed by atoms with Crippen molar-refractivity contribution in [3.8, 4) is 0 Å². The largest absolute Gasteiger partial charge is 0.481 e. The van der Waals surface area contributed by atoms with Crippen molar-refractivity contribution < 1.29 is 60.0 Å². The number of allylic oxidation sites excluding steroid dienone is 4. The highest BCUT2D eigenvalue weighted by atomic mass is 16.4. The van der Waals surface area contributed by atoms with Crippen LogP contribution in [-0.4, -0.2) is 87.1 Å². The van der Waals surface area contributed by atoms with E-state index in [0.29, 0.717) is 22.3 Å². The molecule has 12 atom stereocenters. The van der Waals surface area contributed by atoms with Gasteiger partial charge in [-0.05, 0) is 65.6 Å². The van der Waals surface area contributed by atoms with Crippen LogP contribution in [-0.2, 0) is 19.2 Å². The fourth-order valence-electron chi connectivity index (χ4n) is 11.7. The third-order valence-electron chi connectivity index (χ3n) is 17.4. The average molecular weight is 1190 g/mol. The molecule has 12 nitrogen and oxygen atoms in total. The fourth-order valence-corrected chi connectivity index (χ4v) is 11.7. The van der Waals surface area contributed by atoms with Crippen molar-refractivity contribution in [2.75, 3.05) is 0 Å². The number of hydrogen-bond donors (Lipinski definition) is 8. The first kappa shape index (κ1) is 79.6. The zero-order valence-electron chi connectivity index (χ0n) is 55.9. The summed E-state index contributed by atoms with van der Waals surface area (Å²) in [6.45, 7) is 63.1. The van der Waals surface area contributed by atoms with Crippen molar-refractivity contribution in [1.82, 2.24) is 0 Å². The average Bonchev–Trinajstić information content (AvgIpc) is 1.30. The molecule has 4 rings (SSSR count). The minimum absolute atomic E-state index is 0. The molecule has 12 heteroatoms. The number of rotatable bonds is 12. The predicted molar refractivity (Wildman–Crippen MR) is 350 cm³/mol. The Labute approximate surface area is 514 Å². The second-order valence-corrected chi connectivity index (χ2v) is 31.9. The Kier molecular flexibility index (Phi) is 26.0. The van der Waals surface area contributed by atoms with E-state index in [-0.39, 0.29) is 74.4 Å². The molecule has 0 amide bonds. The molecule has 0 fully saturated rings. The van der Waals surface area contributed by atoms with E-state index in [9.17, 15) is 60.0 Å². The predicted octanol–water partition coefficient (Wildman–Crippen LogP) is 15.9. The summed E-state index contributed by atoms with van der Waals surface area (Å²) in [5, 5.41) is 82.0. The van der Waals surface area contributed by atoms with Crippen LogP contribution in [0.15, 0.2) is 146 Å². The number of aliphatic carboxylic acids is 4. The normalized spacial score (nSPS) is 27.6. The molecule has 4 aliphatic rings. The van der Waals surface area contributed by atoms with E-state index in [0.717, 1.165) is 0 Å². The lowest BCUT2D eigenvalue weighted by molar-refractivity contribution is -0.139. The van der Waals surface area contributed by atoms with Gasteiger partial charge in [0, 0.05) is 23.7 Å². The molecule has 0 saturated carbocycles. The molecule has 0 aromatic heterocycles. The Morgan fingerprint density at radius 2 is 0.471 bits per heavy atom. The number of carboxylic acids is 4. The van der Waals surface area contributed by atoms with Crippen LogP contribution in [0.25, 0.3) is 0 Å². The molecular formula is C73H116O12. The van der Waals surface area contributed by atoms with Gasteiger partial charge in [0.25, 0.3) is 0 Å². The summed E-state index contributed by atoms with van der Waals surface area (Å²) >= 11 is 0. The summed E-state index contributed by atoms with van der Waals surface area (Å²) in [4.78, 5) is 45.3. The molecular weight excluding hydrogens is 1070 g/mol. The first-order valence-corrected chi connectivity index (χ1v) is 29.3. The molecule has 0 heterocycles. The van der Waals surface area contributed by atoms with Gasteiger partial charge >= 0.3 is 23.9 Å². The van der Waals surface area contributed by atoms with Gasteiger partial charge in [0.1, 0.15) is 0 Å². The molecule has 0 aromatic rings. The minimum Gasteiger partial charge on any atom is -0.481 e. The lowest BCUT2D eigenvalue weighted by atomic mass is 9.58. The van der Waals surface area contributed by atoms with E-state index in [1.165, 1.54) is 24.3 Å². The van der Waals surface area contributed by atoms with Gasteiger partial charge < -0.3 is 40.9 Å². The van der Waals surface area contributed by atoms with Gasteiger partial charge in [0.2, 0.25) is 0 Å². The van der Waals surface area contributed by atoms with Crippen LogP contribution in [0.1, 0.15) is 174 Å². The standard InChI is InChI=1S/4C18H28O3.CH4/c4*1-8-13(15(19)20)12-9-10-18(21,17(5,6)7)14(11-12)16(2,3)4;/h4*8-11,13-14,21H,1H2,2-7H3,(H,19,20);1H4. The topological polar surface area (TPSA) is 230 Å². The van der Waals surface area contributed by atoms with Crippen LogP contribution in [0.2, 0.25) is 0 Å². The van der Waals surface area contributed by atoms with Crippen molar-refractivity contribution in [3.63, 3.8) is 0 Å². The van der Waals surface area contributed by atoms with E-state index < -0.39 is 70.0 Å². The van der Waals surface area contributed by atoms with E-state index in [1.807, 2.05) is 107 Å². The van der Waals surface area contributed by atoms with E-state index in [1.54, 1.807) is 48.6 Å². The number of carboxylic acid groups (broad SMARTS) is 4.